The average Bonchev–Trinajstić information content (AvgIpc) is 2.75. The minimum Gasteiger partial charge on any atom is -0.341 e. The number of imidazole rings is 1. The molecule has 1 heterocycles. The minimum atomic E-state index is 0.782. The van der Waals surface area contributed by atoms with E-state index in [0.29, 0.717) is 0 Å². The van der Waals surface area contributed by atoms with Crippen molar-refractivity contribution < 1.29 is 0 Å². The normalized spacial score (nSPS) is 10.6. The molecule has 84 valence electrons. The number of nitrogens with one attached hydrogen (secondary N) is 2. The third-order valence-electron chi connectivity index (χ3n) is 2.31. The molecule has 1 aromatic heterocycles. The average molecular weight is 280 g/mol. The largest absolute Gasteiger partial charge is 0.341 e. The summed E-state index contributed by atoms with van der Waals surface area (Å²) in [4.78, 5) is 7.62. The van der Waals surface area contributed by atoms with Crippen molar-refractivity contribution in [3.63, 3.8) is 0 Å². The maximum atomic E-state index is 4.33. The van der Waals surface area contributed by atoms with Crippen molar-refractivity contribution in [2.24, 2.45) is 0 Å². The predicted molar refractivity (Wildman–Crippen MR) is 69.1 cm³/mol. The number of nitrogens with zero attached hydrogens (tertiary/aromatic N) is 1. The molecule has 0 aliphatic rings. The van der Waals surface area contributed by atoms with Gasteiger partial charge in [0.15, 0.2) is 0 Å². The number of benzene rings is 1. The number of aromatic nitrogens is 2. The standard InChI is InChI=1S/C12H14BrN3/c1-2-14-8-12-15-7-11(16-12)9-4-3-5-10(13)6-9/h3-7,14H,2,8H2,1H3,(H,15,16). The summed E-state index contributed by atoms with van der Waals surface area (Å²) in [5.41, 5.74) is 2.19. The van der Waals surface area contributed by atoms with E-state index in [4.69, 9.17) is 0 Å². The highest BCUT2D eigenvalue weighted by Gasteiger charge is 2.02. The van der Waals surface area contributed by atoms with E-state index >= 15 is 0 Å². The number of hydrogen-bond acceptors (Lipinski definition) is 2. The monoisotopic (exact) mass is 279 g/mol. The summed E-state index contributed by atoms with van der Waals surface area (Å²) >= 11 is 3.46. The Balaban J connectivity index is 2.18. The van der Waals surface area contributed by atoms with Crippen LogP contribution in [-0.4, -0.2) is 16.5 Å². The van der Waals surface area contributed by atoms with Gasteiger partial charge in [0.2, 0.25) is 0 Å². The van der Waals surface area contributed by atoms with Crippen molar-refractivity contribution in [3.05, 3.63) is 40.8 Å². The molecule has 16 heavy (non-hydrogen) atoms. The van der Waals surface area contributed by atoms with Gasteiger partial charge in [-0.15, -0.1) is 0 Å². The molecule has 0 saturated heterocycles. The van der Waals surface area contributed by atoms with Gasteiger partial charge in [-0.1, -0.05) is 35.0 Å². The highest BCUT2D eigenvalue weighted by molar-refractivity contribution is 9.10. The zero-order valence-corrected chi connectivity index (χ0v) is 10.7. The Kier molecular flexibility index (Phi) is 3.74. The predicted octanol–water partition coefficient (Wildman–Crippen LogP) is 2.95. The third-order valence-corrected chi connectivity index (χ3v) is 2.80. The maximum absolute atomic E-state index is 4.33. The molecule has 0 amide bonds. The van der Waals surface area contributed by atoms with E-state index in [-0.39, 0.29) is 0 Å². The molecular weight excluding hydrogens is 266 g/mol. The number of aromatic amines is 1. The smallest absolute Gasteiger partial charge is 0.120 e. The molecule has 0 bridgehead atoms. The molecule has 0 aliphatic heterocycles. The topological polar surface area (TPSA) is 40.7 Å². The quantitative estimate of drug-likeness (QED) is 0.904. The van der Waals surface area contributed by atoms with Crippen LogP contribution >= 0.6 is 15.9 Å². The fourth-order valence-electron chi connectivity index (χ4n) is 1.50. The minimum absolute atomic E-state index is 0.782. The molecule has 0 spiro atoms. The maximum Gasteiger partial charge on any atom is 0.120 e. The second-order valence-corrected chi connectivity index (χ2v) is 4.45. The molecule has 0 radical (unpaired) electrons. The summed E-state index contributed by atoms with van der Waals surface area (Å²) in [6.07, 6.45) is 1.87. The lowest BCUT2D eigenvalue weighted by Crippen LogP contribution is -2.12. The van der Waals surface area contributed by atoms with Crippen molar-refractivity contribution in [1.82, 2.24) is 15.3 Å². The first-order valence-electron chi connectivity index (χ1n) is 5.30. The zero-order chi connectivity index (χ0) is 11.4. The van der Waals surface area contributed by atoms with Crippen LogP contribution in [0.25, 0.3) is 11.3 Å². The van der Waals surface area contributed by atoms with Crippen LogP contribution in [0.5, 0.6) is 0 Å². The van der Waals surface area contributed by atoms with Gasteiger partial charge in [-0.2, -0.15) is 0 Å². The van der Waals surface area contributed by atoms with E-state index in [1.165, 1.54) is 0 Å². The van der Waals surface area contributed by atoms with Crippen LogP contribution in [0.3, 0.4) is 0 Å². The highest BCUT2D eigenvalue weighted by Crippen LogP contribution is 2.21. The van der Waals surface area contributed by atoms with E-state index in [1.54, 1.807) is 0 Å². The molecular formula is C12H14BrN3. The van der Waals surface area contributed by atoms with E-state index in [2.05, 4.69) is 50.3 Å². The third kappa shape index (κ3) is 2.71. The summed E-state index contributed by atoms with van der Waals surface area (Å²) in [5.74, 6) is 0.969. The van der Waals surface area contributed by atoms with Crippen LogP contribution in [-0.2, 0) is 6.54 Å². The van der Waals surface area contributed by atoms with Gasteiger partial charge in [-0.05, 0) is 18.7 Å². The summed E-state index contributed by atoms with van der Waals surface area (Å²) in [6.45, 7) is 3.82. The Labute approximate surface area is 103 Å². The first kappa shape index (κ1) is 11.4. The SMILES string of the molecule is CCNCc1ncc(-c2cccc(Br)c2)[nH]1. The first-order valence-corrected chi connectivity index (χ1v) is 6.09. The van der Waals surface area contributed by atoms with Crippen molar-refractivity contribution in [2.45, 2.75) is 13.5 Å². The molecule has 0 saturated carbocycles. The Hall–Kier alpha value is -1.13. The molecule has 1 aromatic carbocycles. The van der Waals surface area contributed by atoms with E-state index < -0.39 is 0 Å². The number of rotatable bonds is 4. The van der Waals surface area contributed by atoms with Gasteiger partial charge in [0.25, 0.3) is 0 Å². The van der Waals surface area contributed by atoms with Gasteiger partial charge in [0.05, 0.1) is 18.4 Å². The van der Waals surface area contributed by atoms with Crippen LogP contribution in [0.1, 0.15) is 12.7 Å². The lowest BCUT2D eigenvalue weighted by molar-refractivity contribution is 0.698. The molecule has 0 atom stereocenters. The van der Waals surface area contributed by atoms with E-state index in [9.17, 15) is 0 Å². The molecule has 2 N–H and O–H groups in total. The van der Waals surface area contributed by atoms with Crippen LogP contribution in [0.15, 0.2) is 34.9 Å². The summed E-state index contributed by atoms with van der Waals surface area (Å²) in [6, 6.07) is 8.17. The molecule has 2 rings (SSSR count). The van der Waals surface area contributed by atoms with Gasteiger partial charge in [-0.3, -0.25) is 0 Å². The molecule has 3 nitrogen and oxygen atoms in total. The molecule has 0 unspecified atom stereocenters. The number of hydrogen-bond donors (Lipinski definition) is 2. The molecule has 2 aromatic rings. The van der Waals surface area contributed by atoms with Gasteiger partial charge >= 0.3 is 0 Å². The Morgan fingerprint density at radius 3 is 3.06 bits per heavy atom. The van der Waals surface area contributed by atoms with Gasteiger partial charge < -0.3 is 10.3 Å². The zero-order valence-electron chi connectivity index (χ0n) is 9.13. The highest BCUT2D eigenvalue weighted by atomic mass is 79.9. The van der Waals surface area contributed by atoms with E-state index in [0.717, 1.165) is 34.6 Å². The molecule has 0 aliphatic carbocycles. The second kappa shape index (κ2) is 5.27. The Morgan fingerprint density at radius 1 is 1.44 bits per heavy atom. The fraction of sp³-hybridized carbons (Fsp3) is 0.250. The van der Waals surface area contributed by atoms with Gasteiger partial charge in [-0.25, -0.2) is 4.98 Å². The summed E-state index contributed by atoms with van der Waals surface area (Å²) < 4.78 is 1.08. The Bertz CT molecular complexity index is 465. The van der Waals surface area contributed by atoms with Crippen molar-refractivity contribution in [2.75, 3.05) is 6.54 Å². The number of halogens is 1. The van der Waals surface area contributed by atoms with Gasteiger partial charge in [0, 0.05) is 10.0 Å². The molecule has 4 heteroatoms. The lowest BCUT2D eigenvalue weighted by atomic mass is 10.2. The van der Waals surface area contributed by atoms with Crippen LogP contribution in [0.2, 0.25) is 0 Å². The van der Waals surface area contributed by atoms with Crippen molar-refractivity contribution in [3.8, 4) is 11.3 Å². The van der Waals surface area contributed by atoms with Crippen molar-refractivity contribution >= 4 is 15.9 Å². The van der Waals surface area contributed by atoms with Crippen LogP contribution in [0.4, 0.5) is 0 Å². The van der Waals surface area contributed by atoms with Crippen LogP contribution in [0, 0.1) is 0 Å². The second-order valence-electron chi connectivity index (χ2n) is 3.53. The Morgan fingerprint density at radius 2 is 2.31 bits per heavy atom. The van der Waals surface area contributed by atoms with Crippen LogP contribution < -0.4 is 5.32 Å². The fourth-order valence-corrected chi connectivity index (χ4v) is 1.90. The summed E-state index contributed by atoms with van der Waals surface area (Å²) in [5, 5.41) is 3.24. The summed E-state index contributed by atoms with van der Waals surface area (Å²) in [7, 11) is 0. The van der Waals surface area contributed by atoms with Crippen molar-refractivity contribution in [1.29, 1.82) is 0 Å². The molecule has 0 fully saturated rings. The van der Waals surface area contributed by atoms with Gasteiger partial charge in [0.1, 0.15) is 5.82 Å². The first-order chi connectivity index (χ1) is 7.79. The number of H-pyrrole nitrogens is 1. The lowest BCUT2D eigenvalue weighted by Gasteiger charge is -1.99. The van der Waals surface area contributed by atoms with E-state index in [1.807, 2.05) is 18.3 Å².